The van der Waals surface area contributed by atoms with Gasteiger partial charge in [-0.05, 0) is 43.5 Å². The number of hydrogen-bond donors (Lipinski definition) is 0. The number of rotatable bonds is 5. The van der Waals surface area contributed by atoms with Gasteiger partial charge in [-0.15, -0.1) is 10.2 Å². The van der Waals surface area contributed by atoms with Crippen LogP contribution in [0, 0.1) is 25.2 Å². The van der Waals surface area contributed by atoms with Crippen molar-refractivity contribution in [2.24, 2.45) is 0 Å². The maximum Gasteiger partial charge on any atom is 0.196 e. The van der Waals surface area contributed by atoms with Crippen molar-refractivity contribution in [2.75, 3.05) is 0 Å². The summed E-state index contributed by atoms with van der Waals surface area (Å²) >= 11 is 7.63. The third-order valence-corrected chi connectivity index (χ3v) is 5.34. The van der Waals surface area contributed by atoms with E-state index in [1.807, 2.05) is 29.7 Å². The number of thioether (sulfide) groups is 1. The number of nitriles is 1. The van der Waals surface area contributed by atoms with Crippen LogP contribution >= 0.6 is 23.4 Å². The molecule has 0 bridgehead atoms. The molecular weight excluding hydrogens is 352 g/mol. The van der Waals surface area contributed by atoms with Crippen LogP contribution in [0.5, 0.6) is 0 Å². The Balaban J connectivity index is 1.80. The highest BCUT2D eigenvalue weighted by Crippen LogP contribution is 2.27. The van der Waals surface area contributed by atoms with Gasteiger partial charge in [-0.1, -0.05) is 59.3 Å². The van der Waals surface area contributed by atoms with E-state index in [0.717, 1.165) is 16.8 Å². The van der Waals surface area contributed by atoms with Gasteiger partial charge >= 0.3 is 0 Å². The van der Waals surface area contributed by atoms with E-state index in [4.69, 9.17) is 11.6 Å². The van der Waals surface area contributed by atoms with Crippen molar-refractivity contribution in [3.8, 4) is 11.8 Å². The average molecular weight is 369 g/mol. The topological polar surface area (TPSA) is 54.5 Å². The number of benzene rings is 2. The lowest BCUT2D eigenvalue weighted by atomic mass is 10.1. The highest BCUT2D eigenvalue weighted by molar-refractivity contribution is 8.00. The third-order valence-electron chi connectivity index (χ3n) is 3.88. The fraction of sp³-hybridized carbons (Fsp3) is 0.211. The average Bonchev–Trinajstić information content (AvgIpc) is 3.07. The first-order valence-electron chi connectivity index (χ1n) is 7.85. The Labute approximate surface area is 156 Å². The van der Waals surface area contributed by atoms with E-state index in [2.05, 4.69) is 47.5 Å². The molecular formula is C19H17ClN4S. The Kier molecular flexibility index (Phi) is 5.42. The summed E-state index contributed by atoms with van der Waals surface area (Å²) in [5.41, 5.74) is 4.24. The van der Waals surface area contributed by atoms with Crippen molar-refractivity contribution < 1.29 is 0 Å². The van der Waals surface area contributed by atoms with Gasteiger partial charge in [0, 0.05) is 5.02 Å². The minimum Gasteiger partial charge on any atom is -0.277 e. The Hall–Kier alpha value is -2.29. The van der Waals surface area contributed by atoms with E-state index in [0.29, 0.717) is 16.6 Å². The van der Waals surface area contributed by atoms with Gasteiger partial charge in [0.1, 0.15) is 11.6 Å². The normalized spacial score (nSPS) is 11.9. The summed E-state index contributed by atoms with van der Waals surface area (Å²) in [5.74, 6) is 0. The Morgan fingerprint density at radius 3 is 2.64 bits per heavy atom. The quantitative estimate of drug-likeness (QED) is 0.609. The molecule has 0 fully saturated rings. The second kappa shape index (κ2) is 7.73. The maximum absolute atomic E-state index is 9.53. The highest BCUT2D eigenvalue weighted by atomic mass is 35.5. The van der Waals surface area contributed by atoms with Crippen LogP contribution in [0.3, 0.4) is 0 Å². The summed E-state index contributed by atoms with van der Waals surface area (Å²) < 4.78 is 1.86. The van der Waals surface area contributed by atoms with Crippen LogP contribution < -0.4 is 0 Å². The molecule has 3 aromatic rings. The van der Waals surface area contributed by atoms with Gasteiger partial charge in [0.2, 0.25) is 0 Å². The first kappa shape index (κ1) is 17.5. The molecule has 3 rings (SSSR count). The van der Waals surface area contributed by atoms with Crippen LogP contribution in [0.15, 0.2) is 53.9 Å². The molecule has 0 aliphatic heterocycles. The molecule has 0 aliphatic rings. The second-order valence-corrected chi connectivity index (χ2v) is 7.42. The first-order valence-corrected chi connectivity index (χ1v) is 9.11. The molecule has 126 valence electrons. The van der Waals surface area contributed by atoms with Crippen LogP contribution in [0.4, 0.5) is 0 Å². The number of hydrogen-bond acceptors (Lipinski definition) is 4. The van der Waals surface area contributed by atoms with Crippen LogP contribution in [-0.4, -0.2) is 20.0 Å². The molecule has 0 amide bonds. The highest BCUT2D eigenvalue weighted by Gasteiger charge is 2.16. The predicted octanol–water partition coefficient (Wildman–Crippen LogP) is 4.76. The minimum atomic E-state index is -0.244. The standard InChI is InChI=1S/C19H17ClN4S/c1-13-3-6-15(7-4-13)9-17(11-21)25-19-23-22-12-24(19)16-8-5-14(2)18(20)10-16/h3-8,10,12,17H,9H2,1-2H3. The summed E-state index contributed by atoms with van der Waals surface area (Å²) in [7, 11) is 0. The van der Waals surface area contributed by atoms with Gasteiger partial charge in [-0.25, -0.2) is 0 Å². The molecule has 1 atom stereocenters. The van der Waals surface area contributed by atoms with E-state index in [1.54, 1.807) is 6.33 Å². The van der Waals surface area contributed by atoms with Gasteiger partial charge < -0.3 is 0 Å². The van der Waals surface area contributed by atoms with Crippen molar-refractivity contribution in [3.63, 3.8) is 0 Å². The van der Waals surface area contributed by atoms with Crippen LogP contribution in [0.25, 0.3) is 5.69 Å². The van der Waals surface area contributed by atoms with E-state index >= 15 is 0 Å². The number of aromatic nitrogens is 3. The van der Waals surface area contributed by atoms with Gasteiger partial charge in [0.15, 0.2) is 5.16 Å². The van der Waals surface area contributed by atoms with Gasteiger partial charge in [0.25, 0.3) is 0 Å². The predicted molar refractivity (Wildman–Crippen MR) is 101 cm³/mol. The fourth-order valence-electron chi connectivity index (χ4n) is 2.39. The minimum absolute atomic E-state index is 0.244. The summed E-state index contributed by atoms with van der Waals surface area (Å²) in [5, 5.41) is 18.8. The molecule has 0 saturated carbocycles. The monoisotopic (exact) mass is 368 g/mol. The van der Waals surface area contributed by atoms with Gasteiger partial charge in [-0.3, -0.25) is 4.57 Å². The molecule has 0 N–H and O–H groups in total. The maximum atomic E-state index is 9.53. The Bertz CT molecular complexity index is 912. The zero-order valence-corrected chi connectivity index (χ0v) is 15.6. The molecule has 1 unspecified atom stereocenters. The summed E-state index contributed by atoms with van der Waals surface area (Å²) in [4.78, 5) is 0. The van der Waals surface area contributed by atoms with Crippen molar-refractivity contribution in [3.05, 3.63) is 70.5 Å². The lowest BCUT2D eigenvalue weighted by Gasteiger charge is -2.11. The van der Waals surface area contributed by atoms with Crippen molar-refractivity contribution in [1.82, 2.24) is 14.8 Å². The van der Waals surface area contributed by atoms with E-state index in [-0.39, 0.29) is 5.25 Å². The molecule has 2 aromatic carbocycles. The Morgan fingerprint density at radius 1 is 1.20 bits per heavy atom. The van der Waals surface area contributed by atoms with Gasteiger partial charge in [-0.2, -0.15) is 5.26 Å². The van der Waals surface area contributed by atoms with Crippen LogP contribution in [0.1, 0.15) is 16.7 Å². The molecule has 25 heavy (non-hydrogen) atoms. The number of halogens is 1. The third kappa shape index (κ3) is 4.22. The van der Waals surface area contributed by atoms with E-state index in [9.17, 15) is 5.26 Å². The molecule has 0 radical (unpaired) electrons. The summed E-state index contributed by atoms with van der Waals surface area (Å²) in [6.45, 7) is 4.01. The lowest BCUT2D eigenvalue weighted by Crippen LogP contribution is -2.06. The van der Waals surface area contributed by atoms with E-state index in [1.165, 1.54) is 17.3 Å². The zero-order valence-electron chi connectivity index (χ0n) is 14.0. The SMILES string of the molecule is Cc1ccc(CC(C#N)Sc2nncn2-c2ccc(C)c(Cl)c2)cc1. The number of aryl methyl sites for hydroxylation is 2. The van der Waals surface area contributed by atoms with Gasteiger partial charge in [0.05, 0.1) is 11.8 Å². The largest absolute Gasteiger partial charge is 0.277 e. The van der Waals surface area contributed by atoms with Crippen molar-refractivity contribution in [1.29, 1.82) is 5.26 Å². The molecule has 6 heteroatoms. The molecule has 0 saturated heterocycles. The summed E-state index contributed by atoms with van der Waals surface area (Å²) in [6, 6.07) is 16.4. The zero-order chi connectivity index (χ0) is 17.8. The summed E-state index contributed by atoms with van der Waals surface area (Å²) in [6.07, 6.45) is 2.30. The molecule has 0 aliphatic carbocycles. The Morgan fingerprint density at radius 2 is 1.96 bits per heavy atom. The van der Waals surface area contributed by atoms with Crippen LogP contribution in [0.2, 0.25) is 5.02 Å². The number of nitrogens with zero attached hydrogens (tertiary/aromatic N) is 4. The first-order chi connectivity index (χ1) is 12.1. The molecule has 4 nitrogen and oxygen atoms in total. The van der Waals surface area contributed by atoms with Crippen LogP contribution in [-0.2, 0) is 6.42 Å². The molecule has 0 spiro atoms. The van der Waals surface area contributed by atoms with E-state index < -0.39 is 0 Å². The molecule has 1 aromatic heterocycles. The van der Waals surface area contributed by atoms with Crippen molar-refractivity contribution >= 4 is 23.4 Å². The fourth-order valence-corrected chi connectivity index (χ4v) is 3.51. The van der Waals surface area contributed by atoms with Crippen molar-refractivity contribution in [2.45, 2.75) is 30.7 Å². The smallest absolute Gasteiger partial charge is 0.196 e. The lowest BCUT2D eigenvalue weighted by molar-refractivity contribution is 0.875. The molecule has 1 heterocycles. The second-order valence-electron chi connectivity index (χ2n) is 5.84.